The molecule has 1 fully saturated rings. The monoisotopic (exact) mass is 434 g/mol. The van der Waals surface area contributed by atoms with E-state index in [4.69, 9.17) is 19.2 Å². The van der Waals surface area contributed by atoms with Crippen molar-refractivity contribution in [2.24, 2.45) is 0 Å². The molecule has 1 aromatic heterocycles. The number of carbonyl (C=O) groups is 1. The third-order valence-corrected chi connectivity index (χ3v) is 5.26. The van der Waals surface area contributed by atoms with Gasteiger partial charge in [-0.15, -0.1) is 0 Å². The van der Waals surface area contributed by atoms with Crippen molar-refractivity contribution in [3.8, 4) is 22.8 Å². The van der Waals surface area contributed by atoms with Crippen LogP contribution in [-0.4, -0.2) is 61.2 Å². The van der Waals surface area contributed by atoms with Gasteiger partial charge < -0.3 is 19.5 Å². The highest BCUT2D eigenvalue weighted by atomic mass is 16.5. The number of hydrogen-bond donors (Lipinski definition) is 1. The molecule has 3 aromatic rings. The number of carbonyl (C=O) groups excluding carboxylic acids is 1. The second-order valence-electron chi connectivity index (χ2n) is 7.43. The van der Waals surface area contributed by atoms with Gasteiger partial charge in [-0.1, -0.05) is 0 Å². The predicted octanol–water partition coefficient (Wildman–Crippen LogP) is 3.17. The van der Waals surface area contributed by atoms with Crippen LogP contribution < -0.4 is 14.8 Å². The van der Waals surface area contributed by atoms with E-state index in [2.05, 4.69) is 15.2 Å². The van der Waals surface area contributed by atoms with Gasteiger partial charge in [0.15, 0.2) is 0 Å². The number of amides is 1. The van der Waals surface area contributed by atoms with E-state index in [1.54, 1.807) is 26.6 Å². The molecule has 1 unspecified atom stereocenters. The van der Waals surface area contributed by atoms with Crippen LogP contribution in [0.25, 0.3) is 11.3 Å². The van der Waals surface area contributed by atoms with Crippen molar-refractivity contribution in [1.82, 2.24) is 14.9 Å². The number of methoxy groups -OCH3 is 2. The molecule has 1 aliphatic heterocycles. The Kier molecular flexibility index (Phi) is 6.94. The van der Waals surface area contributed by atoms with E-state index >= 15 is 0 Å². The Labute approximate surface area is 187 Å². The van der Waals surface area contributed by atoms with Gasteiger partial charge in [-0.05, 0) is 48.5 Å². The van der Waals surface area contributed by atoms with Crippen molar-refractivity contribution < 1.29 is 19.0 Å². The lowest BCUT2D eigenvalue weighted by Crippen LogP contribution is -2.42. The normalized spacial score (nSPS) is 16.4. The lowest BCUT2D eigenvalue weighted by molar-refractivity contribution is -0.119. The van der Waals surface area contributed by atoms with Crippen LogP contribution in [0.15, 0.2) is 60.9 Å². The number of anilines is 1. The number of nitrogens with zero attached hydrogens (tertiary/aromatic N) is 3. The molecule has 1 amide bonds. The Morgan fingerprint density at radius 3 is 2.44 bits per heavy atom. The smallest absolute Gasteiger partial charge is 0.238 e. The van der Waals surface area contributed by atoms with E-state index in [0.717, 1.165) is 34.1 Å². The summed E-state index contributed by atoms with van der Waals surface area (Å²) in [5, 5.41) is 2.92. The minimum absolute atomic E-state index is 0.0751. The second kappa shape index (κ2) is 10.2. The third-order valence-electron chi connectivity index (χ3n) is 5.26. The van der Waals surface area contributed by atoms with Gasteiger partial charge in [-0.3, -0.25) is 14.7 Å². The van der Waals surface area contributed by atoms with E-state index < -0.39 is 0 Å². The summed E-state index contributed by atoms with van der Waals surface area (Å²) in [6.07, 6.45) is 3.20. The summed E-state index contributed by atoms with van der Waals surface area (Å²) in [6.45, 7) is 2.04. The van der Waals surface area contributed by atoms with Crippen LogP contribution in [0.3, 0.4) is 0 Å². The van der Waals surface area contributed by atoms with E-state index in [9.17, 15) is 4.79 Å². The number of hydrogen-bond acceptors (Lipinski definition) is 7. The molecule has 8 nitrogen and oxygen atoms in total. The molecule has 2 heterocycles. The molecule has 32 heavy (non-hydrogen) atoms. The fraction of sp³-hybridized carbons (Fsp3) is 0.292. The number of aromatic nitrogens is 2. The van der Waals surface area contributed by atoms with Gasteiger partial charge in [0.1, 0.15) is 17.6 Å². The summed E-state index contributed by atoms with van der Waals surface area (Å²) in [6, 6.07) is 14.9. The molecule has 4 rings (SSSR count). The van der Waals surface area contributed by atoms with Crippen molar-refractivity contribution in [3.05, 3.63) is 66.6 Å². The maximum Gasteiger partial charge on any atom is 0.238 e. The molecule has 166 valence electrons. The molecule has 0 radical (unpaired) electrons. The predicted molar refractivity (Wildman–Crippen MR) is 121 cm³/mol. The molecule has 0 spiro atoms. The van der Waals surface area contributed by atoms with E-state index in [0.29, 0.717) is 19.7 Å². The van der Waals surface area contributed by atoms with Gasteiger partial charge in [-0.2, -0.15) is 0 Å². The fourth-order valence-corrected chi connectivity index (χ4v) is 3.54. The zero-order chi connectivity index (χ0) is 22.3. The molecule has 0 bridgehead atoms. The Balaban J connectivity index is 1.38. The largest absolute Gasteiger partial charge is 0.497 e. The van der Waals surface area contributed by atoms with Gasteiger partial charge in [0, 0.05) is 24.3 Å². The van der Waals surface area contributed by atoms with E-state index in [1.807, 2.05) is 48.5 Å². The summed E-state index contributed by atoms with van der Waals surface area (Å²) < 4.78 is 16.3. The van der Waals surface area contributed by atoms with Crippen molar-refractivity contribution >= 4 is 11.6 Å². The second-order valence-corrected chi connectivity index (χ2v) is 7.43. The molecule has 1 atom stereocenters. The third kappa shape index (κ3) is 5.40. The minimum Gasteiger partial charge on any atom is -0.497 e. The van der Waals surface area contributed by atoms with Crippen molar-refractivity contribution in [2.75, 3.05) is 45.8 Å². The Bertz CT molecular complexity index is 1040. The number of rotatable bonds is 7. The molecule has 1 saturated heterocycles. The lowest BCUT2D eigenvalue weighted by Gasteiger charge is -2.32. The topological polar surface area (TPSA) is 85.8 Å². The Hall–Kier alpha value is -3.49. The number of benzene rings is 2. The van der Waals surface area contributed by atoms with E-state index in [-0.39, 0.29) is 18.6 Å². The Morgan fingerprint density at radius 1 is 1.06 bits per heavy atom. The van der Waals surface area contributed by atoms with Crippen molar-refractivity contribution in [1.29, 1.82) is 0 Å². The van der Waals surface area contributed by atoms with Gasteiger partial charge in [-0.25, -0.2) is 4.98 Å². The highest BCUT2D eigenvalue weighted by molar-refractivity contribution is 5.92. The Morgan fingerprint density at radius 2 is 1.75 bits per heavy atom. The SMILES string of the molecule is COc1ccc(NC(=O)CN2CCOC(c3cncc(-c4ccc(OC)cc4)n3)C2)cc1. The molecule has 8 heteroatoms. The molecular formula is C24H26N4O4. The standard InChI is InChI=1S/C24H26N4O4/c1-30-19-7-3-17(4-8-19)21-13-25-14-22(27-21)23-15-28(11-12-32-23)16-24(29)26-18-5-9-20(31-2)10-6-18/h3-10,13-14,23H,11-12,15-16H2,1-2H3,(H,26,29). The van der Waals surface area contributed by atoms with Crippen LogP contribution in [0, 0.1) is 0 Å². The van der Waals surface area contributed by atoms with Crippen LogP contribution in [0.2, 0.25) is 0 Å². The van der Waals surface area contributed by atoms with Crippen LogP contribution in [0.5, 0.6) is 11.5 Å². The first-order valence-electron chi connectivity index (χ1n) is 10.4. The number of nitrogens with one attached hydrogen (secondary N) is 1. The van der Waals surface area contributed by atoms with Gasteiger partial charge in [0.25, 0.3) is 0 Å². The maximum atomic E-state index is 12.5. The van der Waals surface area contributed by atoms with Gasteiger partial charge in [0.2, 0.25) is 5.91 Å². The summed E-state index contributed by atoms with van der Waals surface area (Å²) in [4.78, 5) is 23.7. The molecule has 1 N–H and O–H groups in total. The van der Waals surface area contributed by atoms with Crippen molar-refractivity contribution in [2.45, 2.75) is 6.10 Å². The zero-order valence-corrected chi connectivity index (χ0v) is 18.2. The van der Waals surface area contributed by atoms with Crippen LogP contribution in [0.1, 0.15) is 11.8 Å². The van der Waals surface area contributed by atoms with Crippen LogP contribution in [-0.2, 0) is 9.53 Å². The lowest BCUT2D eigenvalue weighted by atomic mass is 10.1. The van der Waals surface area contributed by atoms with Crippen molar-refractivity contribution in [3.63, 3.8) is 0 Å². The molecule has 0 aliphatic carbocycles. The number of morpholine rings is 1. The molecule has 2 aromatic carbocycles. The van der Waals surface area contributed by atoms with Gasteiger partial charge >= 0.3 is 0 Å². The summed E-state index contributed by atoms with van der Waals surface area (Å²) in [7, 11) is 3.25. The summed E-state index contributed by atoms with van der Waals surface area (Å²) in [5.41, 5.74) is 3.20. The summed E-state index contributed by atoms with van der Waals surface area (Å²) >= 11 is 0. The maximum absolute atomic E-state index is 12.5. The first kappa shape index (κ1) is 21.7. The highest BCUT2D eigenvalue weighted by Gasteiger charge is 2.25. The fourth-order valence-electron chi connectivity index (χ4n) is 3.54. The first-order chi connectivity index (χ1) is 15.6. The number of ether oxygens (including phenoxy) is 3. The highest BCUT2D eigenvalue weighted by Crippen LogP contribution is 2.24. The summed E-state index contributed by atoms with van der Waals surface area (Å²) in [5.74, 6) is 1.46. The molecular weight excluding hydrogens is 408 g/mol. The molecule has 1 aliphatic rings. The zero-order valence-electron chi connectivity index (χ0n) is 18.2. The van der Waals surface area contributed by atoms with Gasteiger partial charge in [0.05, 0.1) is 51.2 Å². The first-order valence-corrected chi connectivity index (χ1v) is 10.4. The average Bonchev–Trinajstić information content (AvgIpc) is 2.85. The van der Waals surface area contributed by atoms with Crippen LogP contribution in [0.4, 0.5) is 5.69 Å². The van der Waals surface area contributed by atoms with Crippen LogP contribution >= 0.6 is 0 Å². The van der Waals surface area contributed by atoms with E-state index in [1.165, 1.54) is 0 Å². The quantitative estimate of drug-likeness (QED) is 0.611. The molecule has 0 saturated carbocycles. The minimum atomic E-state index is -0.247. The average molecular weight is 434 g/mol.